The lowest BCUT2D eigenvalue weighted by molar-refractivity contribution is 0.415. The number of halogens is 1. The van der Waals surface area contributed by atoms with E-state index in [2.05, 4.69) is 10.2 Å². The van der Waals surface area contributed by atoms with Crippen LogP contribution in [0.25, 0.3) is 16.9 Å². The molecule has 2 heterocycles. The largest absolute Gasteiger partial charge is 0.497 e. The van der Waals surface area contributed by atoms with Gasteiger partial charge in [-0.3, -0.25) is 4.40 Å². The predicted octanol–water partition coefficient (Wildman–Crippen LogP) is 4.06. The van der Waals surface area contributed by atoms with Gasteiger partial charge >= 0.3 is 0 Å². The van der Waals surface area contributed by atoms with Crippen LogP contribution in [0.2, 0.25) is 5.02 Å². The van der Waals surface area contributed by atoms with E-state index in [9.17, 15) is 4.91 Å². The molecule has 0 amide bonds. The van der Waals surface area contributed by atoms with Crippen molar-refractivity contribution in [3.8, 4) is 17.0 Å². The maximum absolute atomic E-state index is 11.2. The highest BCUT2D eigenvalue weighted by atomic mass is 35.5. The summed E-state index contributed by atoms with van der Waals surface area (Å²) in [6, 6.07) is 10.8. The van der Waals surface area contributed by atoms with Gasteiger partial charge in [0.1, 0.15) is 17.1 Å². The molecule has 0 aliphatic carbocycles. The van der Waals surface area contributed by atoms with E-state index in [4.69, 9.17) is 16.3 Å². The lowest BCUT2D eigenvalue weighted by atomic mass is 10.1. The van der Waals surface area contributed by atoms with E-state index in [1.807, 2.05) is 18.2 Å². The molecule has 0 saturated carbocycles. The number of hydrogen-bond acceptors (Lipinski definition) is 4. The third-order valence-corrected chi connectivity index (χ3v) is 3.21. The van der Waals surface area contributed by atoms with Crippen molar-refractivity contribution in [3.05, 3.63) is 52.5 Å². The van der Waals surface area contributed by atoms with Crippen LogP contribution in [0.15, 0.2) is 47.8 Å². The first-order valence-electron chi connectivity index (χ1n) is 5.88. The van der Waals surface area contributed by atoms with Crippen LogP contribution < -0.4 is 4.74 Å². The van der Waals surface area contributed by atoms with Gasteiger partial charge in [-0.1, -0.05) is 23.7 Å². The van der Waals surface area contributed by atoms with Gasteiger partial charge in [-0.05, 0) is 29.4 Å². The lowest BCUT2D eigenvalue weighted by Gasteiger charge is -2.02. The van der Waals surface area contributed by atoms with E-state index in [1.165, 1.54) is 0 Å². The van der Waals surface area contributed by atoms with E-state index >= 15 is 0 Å². The minimum Gasteiger partial charge on any atom is -0.497 e. The summed E-state index contributed by atoms with van der Waals surface area (Å²) < 4.78 is 6.75. The SMILES string of the molecule is COc1cccc(-c2nc3ccc(Cl)cn3c2N=O)c1. The number of nitrogens with zero attached hydrogens (tertiary/aromatic N) is 3. The summed E-state index contributed by atoms with van der Waals surface area (Å²) in [5.74, 6) is 0.908. The van der Waals surface area contributed by atoms with Crippen molar-refractivity contribution in [2.45, 2.75) is 0 Å². The van der Waals surface area contributed by atoms with Gasteiger partial charge in [-0.25, -0.2) is 4.98 Å². The van der Waals surface area contributed by atoms with E-state index < -0.39 is 0 Å². The number of hydrogen-bond donors (Lipinski definition) is 0. The van der Waals surface area contributed by atoms with Gasteiger partial charge in [-0.15, -0.1) is 4.91 Å². The van der Waals surface area contributed by atoms with Gasteiger partial charge in [0, 0.05) is 11.8 Å². The Morgan fingerprint density at radius 3 is 2.90 bits per heavy atom. The van der Waals surface area contributed by atoms with Gasteiger partial charge in [0.05, 0.1) is 12.1 Å². The second-order valence-electron chi connectivity index (χ2n) is 4.18. The Bertz CT molecular complexity index is 798. The van der Waals surface area contributed by atoms with Crippen LogP contribution in [0.5, 0.6) is 5.75 Å². The molecular formula is C14H10ClN3O2. The first-order valence-corrected chi connectivity index (χ1v) is 6.26. The molecule has 0 aliphatic rings. The highest BCUT2D eigenvalue weighted by Crippen LogP contribution is 2.33. The molecule has 1 aromatic carbocycles. The summed E-state index contributed by atoms with van der Waals surface area (Å²) >= 11 is 5.94. The zero-order chi connectivity index (χ0) is 14.1. The number of aromatic nitrogens is 2. The van der Waals surface area contributed by atoms with E-state index in [0.717, 1.165) is 5.56 Å². The van der Waals surface area contributed by atoms with Gasteiger partial charge in [0.15, 0.2) is 0 Å². The van der Waals surface area contributed by atoms with Gasteiger partial charge in [0.25, 0.3) is 0 Å². The molecule has 100 valence electrons. The standard InChI is InChI=1S/C14H10ClN3O2/c1-20-11-4-2-3-9(7-11)13-14(17-19)18-8-10(15)5-6-12(18)16-13/h2-8H,1H3. The normalized spacial score (nSPS) is 10.7. The van der Waals surface area contributed by atoms with Crippen molar-refractivity contribution in [3.63, 3.8) is 0 Å². The molecule has 6 heteroatoms. The average molecular weight is 288 g/mol. The van der Waals surface area contributed by atoms with Crippen molar-refractivity contribution in [1.29, 1.82) is 0 Å². The Labute approximate surface area is 119 Å². The highest BCUT2D eigenvalue weighted by Gasteiger charge is 2.15. The molecule has 5 nitrogen and oxygen atoms in total. The Balaban J connectivity index is 2.27. The van der Waals surface area contributed by atoms with Crippen molar-refractivity contribution in [2.75, 3.05) is 7.11 Å². The number of imidazole rings is 1. The number of ether oxygens (including phenoxy) is 1. The number of benzene rings is 1. The average Bonchev–Trinajstić information content (AvgIpc) is 2.85. The Kier molecular flexibility index (Phi) is 3.12. The molecule has 20 heavy (non-hydrogen) atoms. The zero-order valence-corrected chi connectivity index (χ0v) is 11.3. The van der Waals surface area contributed by atoms with Crippen molar-refractivity contribution < 1.29 is 4.74 Å². The Hall–Kier alpha value is -2.40. The molecule has 2 aromatic heterocycles. The first-order chi connectivity index (χ1) is 9.72. The minimum absolute atomic E-state index is 0.218. The third kappa shape index (κ3) is 2.02. The van der Waals surface area contributed by atoms with Crippen LogP contribution in [0.4, 0.5) is 5.82 Å². The number of methoxy groups -OCH3 is 1. The summed E-state index contributed by atoms with van der Waals surface area (Å²) in [7, 11) is 1.58. The van der Waals surface area contributed by atoms with Gasteiger partial charge < -0.3 is 4.74 Å². The summed E-state index contributed by atoms with van der Waals surface area (Å²) in [6.07, 6.45) is 1.62. The molecule has 0 saturated heterocycles. The molecule has 0 aliphatic heterocycles. The molecular weight excluding hydrogens is 278 g/mol. The van der Waals surface area contributed by atoms with Crippen LogP contribution in [0.1, 0.15) is 0 Å². The molecule has 3 aromatic rings. The molecule has 0 atom stereocenters. The molecule has 0 radical (unpaired) electrons. The lowest BCUT2D eigenvalue weighted by Crippen LogP contribution is -1.84. The van der Waals surface area contributed by atoms with Gasteiger partial charge in [-0.2, -0.15) is 0 Å². The van der Waals surface area contributed by atoms with Crippen molar-refractivity contribution in [2.24, 2.45) is 5.18 Å². The van der Waals surface area contributed by atoms with Crippen LogP contribution >= 0.6 is 11.6 Å². The third-order valence-electron chi connectivity index (χ3n) is 2.99. The number of pyridine rings is 1. The van der Waals surface area contributed by atoms with Crippen LogP contribution in [0.3, 0.4) is 0 Å². The maximum atomic E-state index is 11.2. The Morgan fingerprint density at radius 1 is 1.30 bits per heavy atom. The number of fused-ring (bicyclic) bond motifs is 1. The van der Waals surface area contributed by atoms with Crippen LogP contribution in [-0.4, -0.2) is 16.5 Å². The zero-order valence-electron chi connectivity index (χ0n) is 10.6. The molecule has 0 unspecified atom stereocenters. The monoisotopic (exact) mass is 287 g/mol. The van der Waals surface area contributed by atoms with Crippen molar-refractivity contribution in [1.82, 2.24) is 9.38 Å². The van der Waals surface area contributed by atoms with E-state index in [1.54, 1.807) is 35.9 Å². The summed E-state index contributed by atoms with van der Waals surface area (Å²) in [5.41, 5.74) is 1.88. The van der Waals surface area contributed by atoms with Crippen LogP contribution in [-0.2, 0) is 0 Å². The topological polar surface area (TPSA) is 56.0 Å². The fraction of sp³-hybridized carbons (Fsp3) is 0.0714. The second-order valence-corrected chi connectivity index (χ2v) is 4.62. The minimum atomic E-state index is 0.218. The Morgan fingerprint density at radius 2 is 2.15 bits per heavy atom. The fourth-order valence-corrected chi connectivity index (χ4v) is 2.22. The summed E-state index contributed by atoms with van der Waals surface area (Å²) in [5, 5.41) is 3.59. The number of rotatable bonds is 3. The van der Waals surface area contributed by atoms with Crippen molar-refractivity contribution >= 4 is 23.1 Å². The van der Waals surface area contributed by atoms with Gasteiger partial charge in [0.2, 0.25) is 5.82 Å². The quantitative estimate of drug-likeness (QED) is 0.683. The van der Waals surface area contributed by atoms with Crippen LogP contribution in [0, 0.1) is 4.91 Å². The molecule has 0 fully saturated rings. The maximum Gasteiger partial charge on any atom is 0.209 e. The highest BCUT2D eigenvalue weighted by molar-refractivity contribution is 6.30. The summed E-state index contributed by atoms with van der Waals surface area (Å²) in [6.45, 7) is 0. The van der Waals surface area contributed by atoms with E-state index in [-0.39, 0.29) is 5.82 Å². The summed E-state index contributed by atoms with van der Waals surface area (Å²) in [4.78, 5) is 15.6. The number of nitroso groups, excluding NO2 is 1. The molecule has 0 N–H and O–H groups in total. The first kappa shape index (κ1) is 12.6. The fourth-order valence-electron chi connectivity index (χ4n) is 2.06. The predicted molar refractivity (Wildman–Crippen MR) is 77.6 cm³/mol. The molecule has 0 spiro atoms. The van der Waals surface area contributed by atoms with E-state index in [0.29, 0.717) is 22.1 Å². The molecule has 0 bridgehead atoms. The smallest absolute Gasteiger partial charge is 0.209 e. The molecule has 3 rings (SSSR count). The second kappa shape index (κ2) is 4.94.